The number of amides is 1. The third-order valence-corrected chi connectivity index (χ3v) is 3.98. The number of hydrogen-bond acceptors (Lipinski definition) is 4. The van der Waals surface area contributed by atoms with Gasteiger partial charge in [-0.2, -0.15) is 0 Å². The lowest BCUT2D eigenvalue weighted by Gasteiger charge is -2.37. The zero-order valence-corrected chi connectivity index (χ0v) is 9.29. The number of nitrogens with zero attached hydrogens (tertiary/aromatic N) is 1. The van der Waals surface area contributed by atoms with E-state index < -0.39 is 17.4 Å². The molecule has 1 fully saturated rings. The highest BCUT2D eigenvalue weighted by molar-refractivity contribution is 5.83. The van der Waals surface area contributed by atoms with Gasteiger partial charge in [-0.1, -0.05) is 24.3 Å². The topological polar surface area (TPSA) is 81.0 Å². The lowest BCUT2D eigenvalue weighted by atomic mass is 9.89. The van der Waals surface area contributed by atoms with Crippen LogP contribution in [0.2, 0.25) is 0 Å². The van der Waals surface area contributed by atoms with Crippen LogP contribution >= 0.6 is 0 Å². The van der Waals surface area contributed by atoms with Gasteiger partial charge < -0.3 is 20.2 Å². The van der Waals surface area contributed by atoms with Crippen LogP contribution < -0.4 is 0 Å². The van der Waals surface area contributed by atoms with Gasteiger partial charge in [0, 0.05) is 7.05 Å². The fourth-order valence-electron chi connectivity index (χ4n) is 2.97. The minimum Gasteiger partial charge on any atom is -0.383 e. The third-order valence-electron chi connectivity index (χ3n) is 3.98. The van der Waals surface area contributed by atoms with Crippen molar-refractivity contribution in [2.45, 2.75) is 23.9 Å². The minimum absolute atomic E-state index is 0.214. The summed E-state index contributed by atoms with van der Waals surface area (Å²) in [4.78, 5) is 12.7. The Labute approximate surface area is 97.9 Å². The summed E-state index contributed by atoms with van der Waals surface area (Å²) in [5.41, 5.74) is -2.80. The van der Waals surface area contributed by atoms with Crippen LogP contribution in [-0.4, -0.2) is 38.9 Å². The molecule has 90 valence electrons. The summed E-state index contributed by atoms with van der Waals surface area (Å²) in [5.74, 6) is -0.386. The van der Waals surface area contributed by atoms with Crippen molar-refractivity contribution in [2.24, 2.45) is 0 Å². The van der Waals surface area contributed by atoms with Gasteiger partial charge in [-0.25, -0.2) is 0 Å². The van der Waals surface area contributed by atoms with Crippen LogP contribution in [0.1, 0.15) is 23.7 Å². The lowest BCUT2D eigenvalue weighted by molar-refractivity contribution is -0.232. The molecule has 0 aromatic heterocycles. The molecular weight excluding hydrogens is 222 g/mol. The molecule has 3 N–H and O–H groups in total. The molecule has 0 unspecified atom stereocenters. The first-order valence-electron chi connectivity index (χ1n) is 5.42. The van der Waals surface area contributed by atoms with E-state index in [1.165, 1.54) is 7.05 Å². The normalized spacial score (nSPS) is 39.4. The SMILES string of the molecule is CN1C(=O)C[C@@]2(O)c3ccccc3[C@H](O)[C@@]12O. The molecule has 0 bridgehead atoms. The molecule has 5 heteroatoms. The zero-order chi connectivity index (χ0) is 12.4. The highest BCUT2D eigenvalue weighted by atomic mass is 16.4. The second-order valence-electron chi connectivity index (χ2n) is 4.71. The Kier molecular flexibility index (Phi) is 1.81. The smallest absolute Gasteiger partial charge is 0.228 e. The first kappa shape index (κ1) is 10.7. The Hall–Kier alpha value is -1.43. The summed E-state index contributed by atoms with van der Waals surface area (Å²) >= 11 is 0. The van der Waals surface area contributed by atoms with E-state index in [9.17, 15) is 20.1 Å². The molecule has 1 amide bonds. The third kappa shape index (κ3) is 0.937. The summed E-state index contributed by atoms with van der Waals surface area (Å²) in [6.45, 7) is 0. The summed E-state index contributed by atoms with van der Waals surface area (Å²) in [5, 5.41) is 31.3. The summed E-state index contributed by atoms with van der Waals surface area (Å²) in [7, 11) is 1.38. The second-order valence-corrected chi connectivity index (χ2v) is 4.71. The van der Waals surface area contributed by atoms with Crippen molar-refractivity contribution in [2.75, 3.05) is 7.05 Å². The van der Waals surface area contributed by atoms with E-state index in [0.29, 0.717) is 11.1 Å². The number of likely N-dealkylation sites (N-methyl/N-ethyl adjacent to an activating group) is 1. The van der Waals surface area contributed by atoms with Crippen LogP contribution in [0.3, 0.4) is 0 Å². The number of carbonyl (C=O) groups is 1. The van der Waals surface area contributed by atoms with Crippen molar-refractivity contribution in [3.05, 3.63) is 35.4 Å². The zero-order valence-electron chi connectivity index (χ0n) is 9.29. The number of likely N-dealkylation sites (tertiary alicyclic amines) is 1. The molecule has 1 aliphatic heterocycles. The first-order valence-corrected chi connectivity index (χ1v) is 5.42. The molecule has 1 aliphatic carbocycles. The van der Waals surface area contributed by atoms with Crippen LogP contribution in [0.15, 0.2) is 24.3 Å². The average molecular weight is 235 g/mol. The molecule has 3 rings (SSSR count). The van der Waals surface area contributed by atoms with Gasteiger partial charge >= 0.3 is 0 Å². The fraction of sp³-hybridized carbons (Fsp3) is 0.417. The number of hydrogen-bond donors (Lipinski definition) is 3. The van der Waals surface area contributed by atoms with E-state index >= 15 is 0 Å². The van der Waals surface area contributed by atoms with Crippen LogP contribution in [0, 0.1) is 0 Å². The molecule has 17 heavy (non-hydrogen) atoms. The maximum atomic E-state index is 11.6. The molecule has 2 aliphatic rings. The maximum absolute atomic E-state index is 11.6. The predicted molar refractivity (Wildman–Crippen MR) is 57.6 cm³/mol. The second kappa shape index (κ2) is 2.87. The molecule has 1 aromatic carbocycles. The number of fused-ring (bicyclic) bond motifs is 3. The minimum atomic E-state index is -1.96. The Bertz CT molecular complexity index is 517. The first-order chi connectivity index (χ1) is 7.93. The van der Waals surface area contributed by atoms with E-state index in [-0.39, 0.29) is 12.3 Å². The van der Waals surface area contributed by atoms with Gasteiger partial charge in [0.05, 0.1) is 6.42 Å². The number of benzene rings is 1. The molecule has 0 saturated carbocycles. The Balaban J connectivity index is 2.29. The number of carbonyl (C=O) groups excluding carboxylic acids is 1. The lowest BCUT2D eigenvalue weighted by Crippen LogP contribution is -2.55. The van der Waals surface area contributed by atoms with E-state index in [4.69, 9.17) is 0 Å². The van der Waals surface area contributed by atoms with E-state index in [2.05, 4.69) is 0 Å². The van der Waals surface area contributed by atoms with Crippen molar-refractivity contribution in [1.82, 2.24) is 4.90 Å². The van der Waals surface area contributed by atoms with Crippen LogP contribution in [-0.2, 0) is 10.4 Å². The Morgan fingerprint density at radius 3 is 2.71 bits per heavy atom. The highest BCUT2D eigenvalue weighted by Crippen LogP contribution is 2.57. The molecule has 1 heterocycles. The number of rotatable bonds is 0. The average Bonchev–Trinajstić information content (AvgIpc) is 2.60. The predicted octanol–water partition coefficient (Wildman–Crippen LogP) is -0.528. The van der Waals surface area contributed by atoms with E-state index in [1.54, 1.807) is 24.3 Å². The molecule has 1 saturated heterocycles. The fourth-order valence-corrected chi connectivity index (χ4v) is 2.97. The van der Waals surface area contributed by atoms with Crippen LogP contribution in [0.5, 0.6) is 0 Å². The quantitative estimate of drug-likeness (QED) is 0.565. The molecule has 3 atom stereocenters. The Morgan fingerprint density at radius 1 is 1.35 bits per heavy atom. The van der Waals surface area contributed by atoms with Gasteiger partial charge in [0.25, 0.3) is 0 Å². The largest absolute Gasteiger partial charge is 0.383 e. The van der Waals surface area contributed by atoms with Gasteiger partial charge in [-0.05, 0) is 11.1 Å². The standard InChI is InChI=1S/C12H13NO4/c1-13-9(14)6-11(16)8-5-3-2-4-7(8)10(15)12(11,13)17/h2-5,10,15-17H,6H2,1H3/t10-,11+,12-/m0/s1. The maximum Gasteiger partial charge on any atom is 0.228 e. The summed E-state index contributed by atoms with van der Waals surface area (Å²) in [6.07, 6.45) is -1.51. The van der Waals surface area contributed by atoms with Crippen molar-refractivity contribution >= 4 is 5.91 Å². The van der Waals surface area contributed by atoms with E-state index in [1.807, 2.05) is 0 Å². The van der Waals surface area contributed by atoms with Crippen LogP contribution in [0.4, 0.5) is 0 Å². The number of aliphatic hydroxyl groups excluding tert-OH is 1. The van der Waals surface area contributed by atoms with Crippen molar-refractivity contribution < 1.29 is 20.1 Å². The summed E-state index contributed by atoms with van der Waals surface area (Å²) in [6, 6.07) is 6.70. The van der Waals surface area contributed by atoms with Crippen LogP contribution in [0.25, 0.3) is 0 Å². The number of aliphatic hydroxyl groups is 3. The molecule has 1 aromatic rings. The Morgan fingerprint density at radius 2 is 2.00 bits per heavy atom. The van der Waals surface area contributed by atoms with Crippen molar-refractivity contribution in [1.29, 1.82) is 0 Å². The summed E-state index contributed by atoms with van der Waals surface area (Å²) < 4.78 is 0. The van der Waals surface area contributed by atoms with Gasteiger partial charge in [0.1, 0.15) is 11.7 Å². The molecule has 0 spiro atoms. The molecule has 0 radical (unpaired) electrons. The molecular formula is C12H13NO4. The van der Waals surface area contributed by atoms with Gasteiger partial charge in [0.15, 0.2) is 0 Å². The monoisotopic (exact) mass is 235 g/mol. The van der Waals surface area contributed by atoms with Crippen molar-refractivity contribution in [3.8, 4) is 0 Å². The van der Waals surface area contributed by atoms with Gasteiger partial charge in [-0.3, -0.25) is 4.79 Å². The molecule has 5 nitrogen and oxygen atoms in total. The van der Waals surface area contributed by atoms with Gasteiger partial charge in [0.2, 0.25) is 11.6 Å². The van der Waals surface area contributed by atoms with Gasteiger partial charge in [-0.15, -0.1) is 0 Å². The van der Waals surface area contributed by atoms with Crippen molar-refractivity contribution in [3.63, 3.8) is 0 Å². The van der Waals surface area contributed by atoms with E-state index in [0.717, 1.165) is 4.90 Å². The highest BCUT2D eigenvalue weighted by Gasteiger charge is 2.70.